The van der Waals surface area contributed by atoms with E-state index in [-0.39, 0.29) is 17.5 Å². The third kappa shape index (κ3) is 3.01. The first-order chi connectivity index (χ1) is 9.54. The lowest BCUT2D eigenvalue weighted by Crippen LogP contribution is -2.44. The molecule has 0 aromatic heterocycles. The van der Waals surface area contributed by atoms with Crippen LogP contribution in [0.3, 0.4) is 0 Å². The highest BCUT2D eigenvalue weighted by atomic mass is 19.1. The standard InChI is InChI=1S/C16H23FN2O/c1-4-11(2)16(20)13-10-15(14(17)9-12(13)3)19-7-5-18-6-8-19/h9-11,18H,4-8H2,1-3H3. The summed E-state index contributed by atoms with van der Waals surface area (Å²) in [5.41, 5.74) is 1.95. The highest BCUT2D eigenvalue weighted by Gasteiger charge is 2.21. The number of rotatable bonds is 4. The fourth-order valence-electron chi connectivity index (χ4n) is 2.53. The molecular formula is C16H23FN2O. The van der Waals surface area contributed by atoms with Crippen LogP contribution in [0.5, 0.6) is 0 Å². The average Bonchev–Trinajstić information content (AvgIpc) is 2.46. The van der Waals surface area contributed by atoms with E-state index < -0.39 is 0 Å². The molecule has 110 valence electrons. The summed E-state index contributed by atoms with van der Waals surface area (Å²) in [4.78, 5) is 14.4. The van der Waals surface area contributed by atoms with Gasteiger partial charge < -0.3 is 10.2 Å². The zero-order valence-electron chi connectivity index (χ0n) is 12.5. The molecule has 3 nitrogen and oxygen atoms in total. The van der Waals surface area contributed by atoms with Gasteiger partial charge >= 0.3 is 0 Å². The summed E-state index contributed by atoms with van der Waals surface area (Å²) >= 11 is 0. The molecule has 1 aromatic rings. The third-order valence-electron chi connectivity index (χ3n) is 4.08. The topological polar surface area (TPSA) is 32.3 Å². The molecule has 0 radical (unpaired) electrons. The minimum atomic E-state index is -0.231. The molecule has 1 saturated heterocycles. The average molecular weight is 278 g/mol. The SMILES string of the molecule is CCC(C)C(=O)c1cc(N2CCNCC2)c(F)cc1C. The maximum atomic E-state index is 14.2. The quantitative estimate of drug-likeness (QED) is 0.860. The smallest absolute Gasteiger partial charge is 0.165 e. The van der Waals surface area contributed by atoms with Gasteiger partial charge in [-0.2, -0.15) is 0 Å². The van der Waals surface area contributed by atoms with Crippen LogP contribution in [0, 0.1) is 18.7 Å². The summed E-state index contributed by atoms with van der Waals surface area (Å²) in [7, 11) is 0. The molecule has 2 rings (SSSR count). The van der Waals surface area contributed by atoms with Gasteiger partial charge in [0, 0.05) is 37.7 Å². The summed E-state index contributed by atoms with van der Waals surface area (Å²) in [5, 5.41) is 3.25. The van der Waals surface area contributed by atoms with Crippen molar-refractivity contribution in [1.82, 2.24) is 5.32 Å². The number of ketones is 1. The normalized spacial score (nSPS) is 17.1. The van der Waals surface area contributed by atoms with Crippen LogP contribution < -0.4 is 10.2 Å². The number of hydrogen-bond acceptors (Lipinski definition) is 3. The van der Waals surface area contributed by atoms with Crippen LogP contribution in [0.15, 0.2) is 12.1 Å². The second-order valence-corrected chi connectivity index (χ2v) is 5.53. The second-order valence-electron chi connectivity index (χ2n) is 5.53. The van der Waals surface area contributed by atoms with E-state index in [2.05, 4.69) is 5.32 Å². The van der Waals surface area contributed by atoms with Crippen molar-refractivity contribution < 1.29 is 9.18 Å². The molecule has 1 aromatic carbocycles. The molecule has 4 heteroatoms. The van der Waals surface area contributed by atoms with Gasteiger partial charge in [0.15, 0.2) is 5.78 Å². The number of nitrogens with zero attached hydrogens (tertiary/aromatic N) is 1. The molecule has 0 aliphatic carbocycles. The number of aryl methyl sites for hydroxylation is 1. The highest BCUT2D eigenvalue weighted by molar-refractivity contribution is 5.99. The highest BCUT2D eigenvalue weighted by Crippen LogP contribution is 2.26. The van der Waals surface area contributed by atoms with E-state index in [4.69, 9.17) is 0 Å². The Morgan fingerprint density at radius 1 is 1.40 bits per heavy atom. The number of halogens is 1. The van der Waals surface area contributed by atoms with Crippen molar-refractivity contribution in [3.63, 3.8) is 0 Å². The van der Waals surface area contributed by atoms with E-state index in [1.165, 1.54) is 6.07 Å². The van der Waals surface area contributed by atoms with Gasteiger partial charge in [0.2, 0.25) is 0 Å². The van der Waals surface area contributed by atoms with Crippen LogP contribution in [0.1, 0.15) is 36.2 Å². The van der Waals surface area contributed by atoms with E-state index in [1.807, 2.05) is 18.7 Å². The fraction of sp³-hybridized carbons (Fsp3) is 0.562. The summed E-state index contributed by atoms with van der Waals surface area (Å²) < 4.78 is 14.2. The van der Waals surface area contributed by atoms with Crippen LogP contribution in [0.25, 0.3) is 0 Å². The molecule has 1 heterocycles. The summed E-state index contributed by atoms with van der Waals surface area (Å²) in [5.74, 6) is -0.137. The van der Waals surface area contributed by atoms with Crippen LogP contribution in [0.2, 0.25) is 0 Å². The summed E-state index contributed by atoms with van der Waals surface area (Å²) in [6.45, 7) is 8.98. The Kier molecular flexibility index (Phi) is 4.76. The van der Waals surface area contributed by atoms with Crippen molar-refractivity contribution in [1.29, 1.82) is 0 Å². The molecular weight excluding hydrogens is 255 g/mol. The Balaban J connectivity index is 2.36. The van der Waals surface area contributed by atoms with Crippen molar-refractivity contribution in [2.75, 3.05) is 31.1 Å². The molecule has 1 aliphatic rings. The maximum absolute atomic E-state index is 14.2. The molecule has 1 N–H and O–H groups in total. The van der Waals surface area contributed by atoms with Crippen LogP contribution >= 0.6 is 0 Å². The number of carbonyl (C=O) groups excluding carboxylic acids is 1. The van der Waals surface area contributed by atoms with Gasteiger partial charge in [-0.1, -0.05) is 13.8 Å². The first-order valence-electron chi connectivity index (χ1n) is 7.34. The molecule has 1 unspecified atom stereocenters. The molecule has 0 bridgehead atoms. The molecule has 20 heavy (non-hydrogen) atoms. The fourth-order valence-corrected chi connectivity index (χ4v) is 2.53. The largest absolute Gasteiger partial charge is 0.367 e. The van der Waals surface area contributed by atoms with E-state index in [0.29, 0.717) is 11.3 Å². The van der Waals surface area contributed by atoms with Crippen molar-refractivity contribution in [2.45, 2.75) is 27.2 Å². The van der Waals surface area contributed by atoms with Crippen LogP contribution in [-0.4, -0.2) is 32.0 Å². The van der Waals surface area contributed by atoms with Crippen LogP contribution in [-0.2, 0) is 0 Å². The Morgan fingerprint density at radius 2 is 2.05 bits per heavy atom. The number of hydrogen-bond donors (Lipinski definition) is 1. The number of Topliss-reactive ketones (excluding diaryl/α,β-unsaturated/α-hetero) is 1. The minimum Gasteiger partial charge on any atom is -0.367 e. The lowest BCUT2D eigenvalue weighted by molar-refractivity contribution is 0.0926. The number of nitrogens with one attached hydrogen (secondary N) is 1. The molecule has 1 atom stereocenters. The van der Waals surface area contributed by atoms with Gasteiger partial charge in [0.05, 0.1) is 5.69 Å². The first kappa shape index (κ1) is 15.0. The molecule has 0 spiro atoms. The van der Waals surface area contributed by atoms with E-state index >= 15 is 0 Å². The van der Waals surface area contributed by atoms with Gasteiger partial charge in [-0.3, -0.25) is 4.79 Å². The van der Waals surface area contributed by atoms with Gasteiger partial charge in [-0.25, -0.2) is 4.39 Å². The van der Waals surface area contributed by atoms with E-state index in [9.17, 15) is 9.18 Å². The zero-order valence-corrected chi connectivity index (χ0v) is 12.5. The number of carbonyl (C=O) groups is 1. The van der Waals surface area contributed by atoms with Crippen molar-refractivity contribution >= 4 is 11.5 Å². The van der Waals surface area contributed by atoms with Gasteiger partial charge in [0.25, 0.3) is 0 Å². The Hall–Kier alpha value is -1.42. The van der Waals surface area contributed by atoms with Gasteiger partial charge in [0.1, 0.15) is 5.82 Å². The Morgan fingerprint density at radius 3 is 2.65 bits per heavy atom. The van der Waals surface area contributed by atoms with E-state index in [1.54, 1.807) is 13.0 Å². The Labute approximate surface area is 120 Å². The van der Waals surface area contributed by atoms with Gasteiger partial charge in [-0.05, 0) is 31.0 Å². The lowest BCUT2D eigenvalue weighted by atomic mass is 9.93. The monoisotopic (exact) mass is 278 g/mol. The lowest BCUT2D eigenvalue weighted by Gasteiger charge is -2.30. The van der Waals surface area contributed by atoms with Gasteiger partial charge in [-0.15, -0.1) is 0 Å². The maximum Gasteiger partial charge on any atom is 0.165 e. The van der Waals surface area contributed by atoms with Crippen molar-refractivity contribution in [2.24, 2.45) is 5.92 Å². The third-order valence-corrected chi connectivity index (χ3v) is 4.08. The minimum absolute atomic E-state index is 0.0185. The number of piperazine rings is 1. The van der Waals surface area contributed by atoms with Crippen LogP contribution in [0.4, 0.5) is 10.1 Å². The summed E-state index contributed by atoms with van der Waals surface area (Å²) in [6, 6.07) is 3.23. The number of benzene rings is 1. The predicted octanol–water partition coefficient (Wildman–Crippen LogP) is 2.77. The van der Waals surface area contributed by atoms with Crippen molar-refractivity contribution in [3.05, 3.63) is 29.1 Å². The molecule has 1 fully saturated rings. The Bertz CT molecular complexity index is 495. The molecule has 0 amide bonds. The van der Waals surface area contributed by atoms with Crippen molar-refractivity contribution in [3.8, 4) is 0 Å². The molecule has 0 saturated carbocycles. The second kappa shape index (κ2) is 6.35. The number of anilines is 1. The zero-order chi connectivity index (χ0) is 14.7. The summed E-state index contributed by atoms with van der Waals surface area (Å²) in [6.07, 6.45) is 0.804. The first-order valence-corrected chi connectivity index (χ1v) is 7.34. The molecule has 1 aliphatic heterocycles. The predicted molar refractivity (Wildman–Crippen MR) is 80.0 cm³/mol. The van der Waals surface area contributed by atoms with E-state index in [0.717, 1.165) is 38.2 Å².